The van der Waals surface area contributed by atoms with Crippen LogP contribution in [-0.4, -0.2) is 20.7 Å². The number of hydrogen-bond acceptors (Lipinski definition) is 3. The van der Waals surface area contributed by atoms with Crippen LogP contribution in [0.1, 0.15) is 5.82 Å². The van der Waals surface area contributed by atoms with Gasteiger partial charge in [-0.15, -0.1) is 0 Å². The predicted molar refractivity (Wildman–Crippen MR) is 60.9 cm³/mol. The Morgan fingerprint density at radius 3 is 2.13 bits per heavy atom. The summed E-state index contributed by atoms with van der Waals surface area (Å²) in [5, 5.41) is 2.39. The fraction of sp³-hybridized carbons (Fsp3) is 0.286. The topological polar surface area (TPSA) is 54.9 Å². The SMILES string of the molecule is Cc1nc(Cl)c(NC(=O)C(Cl)Cl)c(Cl)n1. The molecule has 15 heavy (non-hydrogen) atoms. The zero-order chi connectivity index (χ0) is 11.6. The van der Waals surface area contributed by atoms with E-state index in [4.69, 9.17) is 46.4 Å². The number of nitrogens with zero attached hydrogens (tertiary/aromatic N) is 2. The zero-order valence-electron chi connectivity index (χ0n) is 7.39. The highest BCUT2D eigenvalue weighted by atomic mass is 35.5. The smallest absolute Gasteiger partial charge is 0.257 e. The molecule has 0 aromatic carbocycles. The minimum Gasteiger partial charge on any atom is -0.319 e. The Balaban J connectivity index is 3.00. The van der Waals surface area contributed by atoms with Crippen molar-refractivity contribution in [2.24, 2.45) is 0 Å². The van der Waals surface area contributed by atoms with Gasteiger partial charge in [0, 0.05) is 0 Å². The molecule has 1 amide bonds. The molecule has 1 rings (SSSR count). The Labute approximate surface area is 106 Å². The summed E-state index contributed by atoms with van der Waals surface area (Å²) in [6.07, 6.45) is 0. The van der Waals surface area contributed by atoms with Gasteiger partial charge in [0.05, 0.1) is 0 Å². The maximum absolute atomic E-state index is 11.2. The average Bonchev–Trinajstić information content (AvgIpc) is 2.10. The number of carbonyl (C=O) groups is 1. The maximum Gasteiger partial charge on any atom is 0.257 e. The summed E-state index contributed by atoms with van der Waals surface area (Å²) in [4.78, 5) is 17.6. The highest BCUT2D eigenvalue weighted by Gasteiger charge is 2.17. The van der Waals surface area contributed by atoms with Crippen molar-refractivity contribution in [3.63, 3.8) is 0 Å². The van der Waals surface area contributed by atoms with Gasteiger partial charge in [-0.3, -0.25) is 4.79 Å². The van der Waals surface area contributed by atoms with E-state index in [0.29, 0.717) is 5.82 Å². The molecule has 0 saturated heterocycles. The van der Waals surface area contributed by atoms with E-state index < -0.39 is 10.7 Å². The zero-order valence-corrected chi connectivity index (χ0v) is 10.4. The number of hydrogen-bond donors (Lipinski definition) is 1. The number of halogens is 4. The molecule has 8 heteroatoms. The quantitative estimate of drug-likeness (QED) is 0.672. The lowest BCUT2D eigenvalue weighted by molar-refractivity contribution is -0.114. The lowest BCUT2D eigenvalue weighted by atomic mass is 10.5. The molecule has 0 bridgehead atoms. The summed E-state index contributed by atoms with van der Waals surface area (Å²) in [6.45, 7) is 1.62. The molecule has 0 aliphatic carbocycles. The van der Waals surface area contributed by atoms with Crippen LogP contribution in [-0.2, 0) is 4.79 Å². The molecule has 0 unspecified atom stereocenters. The molecule has 0 fully saturated rings. The summed E-state index contributed by atoms with van der Waals surface area (Å²) >= 11 is 22.2. The van der Waals surface area contributed by atoms with Crippen LogP contribution < -0.4 is 5.32 Å². The van der Waals surface area contributed by atoms with Crippen molar-refractivity contribution in [1.82, 2.24) is 9.97 Å². The van der Waals surface area contributed by atoms with Gasteiger partial charge in [0.2, 0.25) is 0 Å². The van der Waals surface area contributed by atoms with Crippen LogP contribution in [0.4, 0.5) is 5.69 Å². The molecule has 0 spiro atoms. The second-order valence-corrected chi connectivity index (χ2v) is 4.33. The first-order chi connectivity index (χ1) is 6.91. The maximum atomic E-state index is 11.2. The van der Waals surface area contributed by atoms with Crippen LogP contribution in [0.25, 0.3) is 0 Å². The summed E-state index contributed by atoms with van der Waals surface area (Å²) in [7, 11) is 0. The van der Waals surface area contributed by atoms with Crippen molar-refractivity contribution in [3.8, 4) is 0 Å². The van der Waals surface area contributed by atoms with E-state index in [-0.39, 0.29) is 16.0 Å². The van der Waals surface area contributed by atoms with E-state index in [9.17, 15) is 4.79 Å². The molecular weight excluding hydrogens is 284 g/mol. The summed E-state index contributed by atoms with van der Waals surface area (Å²) in [5.74, 6) is -0.245. The first-order valence-corrected chi connectivity index (χ1v) is 5.33. The lowest BCUT2D eigenvalue weighted by Crippen LogP contribution is -2.19. The minimum atomic E-state index is -1.21. The van der Waals surface area contributed by atoms with E-state index in [2.05, 4.69) is 15.3 Å². The van der Waals surface area contributed by atoms with Gasteiger partial charge in [-0.05, 0) is 6.92 Å². The van der Waals surface area contributed by atoms with Crippen molar-refractivity contribution >= 4 is 58.0 Å². The van der Waals surface area contributed by atoms with Gasteiger partial charge < -0.3 is 5.32 Å². The van der Waals surface area contributed by atoms with Crippen molar-refractivity contribution in [2.45, 2.75) is 11.8 Å². The third kappa shape index (κ3) is 3.34. The molecule has 0 radical (unpaired) electrons. The van der Waals surface area contributed by atoms with Gasteiger partial charge in [-0.2, -0.15) is 0 Å². The molecule has 0 aliphatic rings. The van der Waals surface area contributed by atoms with E-state index in [1.54, 1.807) is 6.92 Å². The average molecular weight is 289 g/mol. The number of rotatable bonds is 2. The van der Waals surface area contributed by atoms with Crippen LogP contribution >= 0.6 is 46.4 Å². The van der Waals surface area contributed by atoms with Crippen molar-refractivity contribution in [3.05, 3.63) is 16.1 Å². The molecule has 1 N–H and O–H groups in total. The lowest BCUT2D eigenvalue weighted by Gasteiger charge is -2.08. The molecule has 1 heterocycles. The van der Waals surface area contributed by atoms with Gasteiger partial charge in [-0.25, -0.2) is 9.97 Å². The second-order valence-electron chi connectivity index (χ2n) is 2.52. The van der Waals surface area contributed by atoms with Gasteiger partial charge in [0.1, 0.15) is 11.5 Å². The molecule has 0 atom stereocenters. The monoisotopic (exact) mass is 287 g/mol. The molecule has 1 aromatic rings. The Morgan fingerprint density at radius 2 is 1.73 bits per heavy atom. The number of amides is 1. The normalized spacial score (nSPS) is 10.5. The second kappa shape index (κ2) is 5.16. The highest BCUT2D eigenvalue weighted by Crippen LogP contribution is 2.27. The number of carbonyl (C=O) groups excluding carboxylic acids is 1. The molecule has 4 nitrogen and oxygen atoms in total. The van der Waals surface area contributed by atoms with Crippen LogP contribution in [0.2, 0.25) is 10.3 Å². The van der Waals surface area contributed by atoms with E-state index >= 15 is 0 Å². The van der Waals surface area contributed by atoms with Crippen LogP contribution in [0.3, 0.4) is 0 Å². The van der Waals surface area contributed by atoms with Gasteiger partial charge >= 0.3 is 0 Å². The fourth-order valence-corrected chi connectivity index (χ4v) is 1.46. The molecular formula is C7H5Cl4N3O. The Morgan fingerprint density at radius 1 is 1.27 bits per heavy atom. The van der Waals surface area contributed by atoms with Crippen LogP contribution in [0, 0.1) is 6.92 Å². The molecule has 0 saturated carbocycles. The van der Waals surface area contributed by atoms with Crippen LogP contribution in [0.15, 0.2) is 0 Å². The van der Waals surface area contributed by atoms with Crippen LogP contribution in [0.5, 0.6) is 0 Å². The first-order valence-electron chi connectivity index (χ1n) is 3.70. The van der Waals surface area contributed by atoms with Crippen molar-refractivity contribution in [1.29, 1.82) is 0 Å². The number of anilines is 1. The Bertz CT molecular complexity index is 373. The third-order valence-corrected chi connectivity index (χ3v) is 2.32. The van der Waals surface area contributed by atoms with Crippen molar-refractivity contribution in [2.75, 3.05) is 5.32 Å². The number of aromatic nitrogens is 2. The van der Waals surface area contributed by atoms with E-state index in [0.717, 1.165) is 0 Å². The third-order valence-electron chi connectivity index (χ3n) is 1.38. The summed E-state index contributed by atoms with van der Waals surface area (Å²) in [6, 6.07) is 0. The largest absolute Gasteiger partial charge is 0.319 e. The number of alkyl halides is 2. The van der Waals surface area contributed by atoms with Gasteiger partial charge in [0.25, 0.3) is 5.91 Å². The minimum absolute atomic E-state index is 0.0369. The fourth-order valence-electron chi connectivity index (χ4n) is 0.787. The molecule has 1 aromatic heterocycles. The standard InChI is InChI=1S/C7H5Cl4N3O/c1-2-12-5(10)3(6(11)13-2)14-7(15)4(8)9/h4H,1H3,(H,14,15). The summed E-state index contributed by atoms with van der Waals surface area (Å²) < 4.78 is 0. The Kier molecular flexibility index (Phi) is 4.40. The highest BCUT2D eigenvalue weighted by molar-refractivity contribution is 6.54. The van der Waals surface area contributed by atoms with Gasteiger partial charge in [0.15, 0.2) is 15.1 Å². The van der Waals surface area contributed by atoms with E-state index in [1.807, 2.05) is 0 Å². The first kappa shape index (κ1) is 12.8. The Hall–Kier alpha value is -0.290. The van der Waals surface area contributed by atoms with E-state index in [1.165, 1.54) is 0 Å². The molecule has 0 aliphatic heterocycles. The van der Waals surface area contributed by atoms with Gasteiger partial charge in [-0.1, -0.05) is 46.4 Å². The molecule has 82 valence electrons. The number of aryl methyl sites for hydroxylation is 1. The predicted octanol–water partition coefficient (Wildman–Crippen LogP) is 2.83. The van der Waals surface area contributed by atoms with Crippen molar-refractivity contribution < 1.29 is 4.79 Å². The summed E-state index contributed by atoms with van der Waals surface area (Å²) in [5.41, 5.74) is 0.0974. The number of nitrogens with one attached hydrogen (secondary N) is 1.